The minimum atomic E-state index is -0.140. The Balaban J connectivity index is 2.39. The van der Waals surface area contributed by atoms with E-state index < -0.39 is 0 Å². The highest BCUT2D eigenvalue weighted by atomic mass is 35.5. The molecular weight excluding hydrogens is 258 g/mol. The molecule has 1 amide bonds. The summed E-state index contributed by atoms with van der Waals surface area (Å²) in [5.74, 6) is 0.324. The lowest BCUT2D eigenvalue weighted by Crippen LogP contribution is -2.33. The highest BCUT2D eigenvalue weighted by Crippen LogP contribution is 2.10. The average molecular weight is 272 g/mol. The Labute approximate surface area is 111 Å². The van der Waals surface area contributed by atoms with Gasteiger partial charge in [0.05, 0.1) is 0 Å². The lowest BCUT2D eigenvalue weighted by atomic mass is 10.3. The molecule has 1 aromatic carbocycles. The molecule has 0 fully saturated rings. The zero-order valence-corrected chi connectivity index (χ0v) is 10.8. The molecule has 4 N–H and O–H groups in total. The smallest absolute Gasteiger partial charge is 0.226 e. The molecule has 0 aromatic heterocycles. The maximum Gasteiger partial charge on any atom is 0.226 e. The van der Waals surface area contributed by atoms with Crippen LogP contribution in [0.4, 0.5) is 11.4 Å². The zero-order chi connectivity index (χ0) is 12.7. The van der Waals surface area contributed by atoms with Crippen LogP contribution in [0.3, 0.4) is 0 Å². The molecule has 0 saturated carbocycles. The molecule has 0 aliphatic carbocycles. The normalized spacial score (nSPS) is 9.71. The molecule has 0 bridgehead atoms. The number of halogens is 1. The van der Waals surface area contributed by atoms with Crippen LogP contribution in [0, 0.1) is 0 Å². The predicted octanol–water partition coefficient (Wildman–Crippen LogP) is 2.10. The minimum Gasteiger partial charge on any atom is -0.399 e. The molecule has 0 heterocycles. The number of anilines is 2. The fourth-order valence-electron chi connectivity index (χ4n) is 1.15. The van der Waals surface area contributed by atoms with Crippen molar-refractivity contribution in [3.8, 4) is 0 Å². The Hall–Kier alpha value is -1.33. The molecule has 0 aliphatic heterocycles. The predicted molar refractivity (Wildman–Crippen MR) is 75.2 cm³/mol. The van der Waals surface area contributed by atoms with Gasteiger partial charge in [-0.05, 0) is 42.9 Å². The van der Waals surface area contributed by atoms with Gasteiger partial charge in [0, 0.05) is 23.7 Å². The quantitative estimate of drug-likeness (QED) is 0.446. The highest BCUT2D eigenvalue weighted by molar-refractivity contribution is 7.80. The number of hydrogen-bond acceptors (Lipinski definition) is 3. The van der Waals surface area contributed by atoms with Crippen LogP contribution in [0.2, 0.25) is 0 Å². The average Bonchev–Trinajstić information content (AvgIpc) is 2.29. The van der Waals surface area contributed by atoms with E-state index >= 15 is 0 Å². The van der Waals surface area contributed by atoms with E-state index in [1.807, 2.05) is 0 Å². The van der Waals surface area contributed by atoms with Crippen molar-refractivity contribution in [1.82, 2.24) is 5.32 Å². The van der Waals surface area contributed by atoms with Crippen LogP contribution in [-0.2, 0) is 4.79 Å². The van der Waals surface area contributed by atoms with Crippen LogP contribution in [0.5, 0.6) is 0 Å². The van der Waals surface area contributed by atoms with Crippen LogP contribution in [0.15, 0.2) is 24.3 Å². The van der Waals surface area contributed by atoms with Gasteiger partial charge in [-0.2, -0.15) is 0 Å². The molecule has 0 atom stereocenters. The number of nitrogens with one attached hydrogen (secondary N) is 2. The highest BCUT2D eigenvalue weighted by Gasteiger charge is 2.04. The number of nitrogen functional groups attached to an aromatic ring is 1. The first-order valence-corrected chi connectivity index (χ1v) is 6.08. The van der Waals surface area contributed by atoms with E-state index in [4.69, 9.17) is 29.6 Å². The first-order chi connectivity index (χ1) is 8.11. The van der Waals surface area contributed by atoms with E-state index in [0.717, 1.165) is 5.69 Å². The van der Waals surface area contributed by atoms with Crippen LogP contribution < -0.4 is 16.4 Å². The van der Waals surface area contributed by atoms with Gasteiger partial charge < -0.3 is 16.4 Å². The maximum atomic E-state index is 11.3. The minimum absolute atomic E-state index is 0.140. The van der Waals surface area contributed by atoms with Crippen LogP contribution >= 0.6 is 23.8 Å². The molecule has 0 saturated heterocycles. The molecule has 0 unspecified atom stereocenters. The third-order valence-electron chi connectivity index (χ3n) is 1.96. The fraction of sp³-hybridized carbons (Fsp3) is 0.273. The van der Waals surface area contributed by atoms with Gasteiger partial charge in [0.2, 0.25) is 5.91 Å². The summed E-state index contributed by atoms with van der Waals surface area (Å²) in [6.07, 6.45) is 1.00. The van der Waals surface area contributed by atoms with Crippen LogP contribution in [0.25, 0.3) is 0 Å². The van der Waals surface area contributed by atoms with Gasteiger partial charge in [-0.3, -0.25) is 4.79 Å². The number of carbonyl (C=O) groups excluding carboxylic acids is 1. The van der Waals surface area contributed by atoms with Gasteiger partial charge in [-0.1, -0.05) is 0 Å². The van der Waals surface area contributed by atoms with E-state index in [1.165, 1.54) is 0 Å². The van der Waals surface area contributed by atoms with Crippen molar-refractivity contribution in [3.05, 3.63) is 24.3 Å². The second kappa shape index (κ2) is 7.09. The Kier molecular flexibility index (Phi) is 5.72. The van der Waals surface area contributed by atoms with Crippen molar-refractivity contribution in [1.29, 1.82) is 0 Å². The Morgan fingerprint density at radius 3 is 2.59 bits per heavy atom. The molecule has 1 aromatic rings. The zero-order valence-electron chi connectivity index (χ0n) is 9.20. The topological polar surface area (TPSA) is 67.2 Å². The summed E-state index contributed by atoms with van der Waals surface area (Å²) in [5.41, 5.74) is 7.00. The number of nitrogens with two attached hydrogens (primary N) is 1. The van der Waals surface area contributed by atoms with E-state index in [9.17, 15) is 4.79 Å². The summed E-state index contributed by atoms with van der Waals surface area (Å²) in [6.45, 7) is 0. The van der Waals surface area contributed by atoms with Crippen molar-refractivity contribution >= 4 is 46.2 Å². The monoisotopic (exact) mass is 271 g/mol. The second-order valence-corrected chi connectivity index (χ2v) is 4.20. The van der Waals surface area contributed by atoms with Gasteiger partial charge in [0.15, 0.2) is 5.11 Å². The van der Waals surface area contributed by atoms with Crippen molar-refractivity contribution in [2.75, 3.05) is 16.9 Å². The molecule has 6 heteroatoms. The van der Waals surface area contributed by atoms with Gasteiger partial charge in [0.25, 0.3) is 0 Å². The number of hydrogen-bond donors (Lipinski definition) is 3. The summed E-state index contributed by atoms with van der Waals surface area (Å²) in [5, 5.41) is 5.73. The first-order valence-electron chi connectivity index (χ1n) is 5.14. The summed E-state index contributed by atoms with van der Waals surface area (Å²) in [6, 6.07) is 7.07. The lowest BCUT2D eigenvalue weighted by Gasteiger charge is -2.09. The molecule has 1 rings (SSSR count). The standard InChI is InChI=1S/C11H14ClN3OS/c12-7-1-2-10(16)15-11(17)14-9-5-3-8(13)4-6-9/h3-6H,1-2,7,13H2,(H2,14,15,16,17). The SMILES string of the molecule is Nc1ccc(NC(=S)NC(=O)CCCCl)cc1. The number of thiocarbonyl (C=S) groups is 1. The summed E-state index contributed by atoms with van der Waals surface area (Å²) in [4.78, 5) is 11.3. The summed E-state index contributed by atoms with van der Waals surface area (Å²) < 4.78 is 0. The Morgan fingerprint density at radius 1 is 1.35 bits per heavy atom. The maximum absolute atomic E-state index is 11.3. The van der Waals surface area contributed by atoms with E-state index in [0.29, 0.717) is 24.4 Å². The third-order valence-corrected chi connectivity index (χ3v) is 2.43. The van der Waals surface area contributed by atoms with Gasteiger partial charge in [-0.25, -0.2) is 0 Å². The number of amides is 1. The molecule has 17 heavy (non-hydrogen) atoms. The molecule has 0 radical (unpaired) electrons. The Bertz CT molecular complexity index is 394. The van der Waals surface area contributed by atoms with Crippen molar-refractivity contribution in [2.45, 2.75) is 12.8 Å². The largest absolute Gasteiger partial charge is 0.399 e. The summed E-state index contributed by atoms with van der Waals surface area (Å²) >= 11 is 10.5. The molecule has 92 valence electrons. The van der Waals surface area contributed by atoms with E-state index in [2.05, 4.69) is 10.6 Å². The van der Waals surface area contributed by atoms with Gasteiger partial charge >= 0.3 is 0 Å². The Morgan fingerprint density at radius 2 is 2.00 bits per heavy atom. The lowest BCUT2D eigenvalue weighted by molar-refractivity contribution is -0.119. The number of rotatable bonds is 4. The van der Waals surface area contributed by atoms with Gasteiger partial charge in [-0.15, -0.1) is 11.6 Å². The molecule has 0 spiro atoms. The number of benzene rings is 1. The number of alkyl halides is 1. The number of carbonyl (C=O) groups is 1. The van der Waals surface area contributed by atoms with Gasteiger partial charge in [0.1, 0.15) is 0 Å². The van der Waals surface area contributed by atoms with Crippen molar-refractivity contribution < 1.29 is 4.79 Å². The van der Waals surface area contributed by atoms with Crippen LogP contribution in [-0.4, -0.2) is 16.9 Å². The molecule has 0 aliphatic rings. The van der Waals surface area contributed by atoms with E-state index in [-0.39, 0.29) is 11.0 Å². The third kappa shape index (κ3) is 5.51. The van der Waals surface area contributed by atoms with Crippen molar-refractivity contribution in [2.24, 2.45) is 0 Å². The molecule has 4 nitrogen and oxygen atoms in total. The van der Waals surface area contributed by atoms with Crippen LogP contribution in [0.1, 0.15) is 12.8 Å². The first kappa shape index (κ1) is 13.7. The fourth-order valence-corrected chi connectivity index (χ4v) is 1.51. The molecular formula is C11H14ClN3OS. The van der Waals surface area contributed by atoms with Crippen molar-refractivity contribution in [3.63, 3.8) is 0 Å². The second-order valence-electron chi connectivity index (χ2n) is 3.42. The van der Waals surface area contributed by atoms with E-state index in [1.54, 1.807) is 24.3 Å². The summed E-state index contributed by atoms with van der Waals surface area (Å²) in [7, 11) is 0.